The number of pyridine rings is 1. The minimum atomic E-state index is -1.10. The maximum absolute atomic E-state index is 11.1. The molecule has 0 aliphatic heterocycles. The molecule has 0 unspecified atom stereocenters. The normalized spacial score (nSPS) is 10.3. The van der Waals surface area contributed by atoms with Gasteiger partial charge in [0.1, 0.15) is 5.69 Å². The summed E-state index contributed by atoms with van der Waals surface area (Å²) >= 11 is 0. The molecule has 0 saturated carbocycles. The molecule has 0 spiro atoms. The Morgan fingerprint density at radius 3 is 2.67 bits per heavy atom. The number of hydrogen-bond donors (Lipinski definition) is 1. The van der Waals surface area contributed by atoms with Gasteiger partial charge in [-0.05, 0) is 19.1 Å². The van der Waals surface area contributed by atoms with E-state index in [1.807, 2.05) is 6.92 Å². The SMILES string of the molecule is C=C(C)Cn1nnc(C(=O)O)c1-c1ccncc1. The van der Waals surface area contributed by atoms with E-state index < -0.39 is 5.97 Å². The third-order valence-corrected chi connectivity index (χ3v) is 2.31. The summed E-state index contributed by atoms with van der Waals surface area (Å²) in [6, 6.07) is 3.44. The standard InChI is InChI=1S/C12H12N4O2/c1-8(2)7-16-11(9-3-5-13-6-4-9)10(12(17)18)14-15-16/h3-6H,1,7H2,2H3,(H,17,18). The molecule has 6 heteroatoms. The molecule has 6 nitrogen and oxygen atoms in total. The van der Waals surface area contributed by atoms with Crippen LogP contribution < -0.4 is 0 Å². The number of allylic oxidation sites excluding steroid dienone is 1. The Morgan fingerprint density at radius 2 is 2.11 bits per heavy atom. The second-order valence-corrected chi connectivity index (χ2v) is 3.94. The summed E-state index contributed by atoms with van der Waals surface area (Å²) in [5.41, 5.74) is 1.98. The molecule has 0 aromatic carbocycles. The topological polar surface area (TPSA) is 80.9 Å². The highest BCUT2D eigenvalue weighted by atomic mass is 16.4. The number of hydrogen-bond acceptors (Lipinski definition) is 4. The van der Waals surface area contributed by atoms with Crippen LogP contribution in [0, 0.1) is 0 Å². The van der Waals surface area contributed by atoms with Crippen molar-refractivity contribution < 1.29 is 9.90 Å². The van der Waals surface area contributed by atoms with Crippen LogP contribution in [0.1, 0.15) is 17.4 Å². The van der Waals surface area contributed by atoms with Crippen molar-refractivity contribution in [1.82, 2.24) is 20.0 Å². The number of aromatic carboxylic acids is 1. The van der Waals surface area contributed by atoms with E-state index in [2.05, 4.69) is 21.9 Å². The van der Waals surface area contributed by atoms with Crippen LogP contribution in [-0.4, -0.2) is 31.1 Å². The minimum Gasteiger partial charge on any atom is -0.476 e. The van der Waals surface area contributed by atoms with Gasteiger partial charge in [0.25, 0.3) is 0 Å². The Balaban J connectivity index is 2.57. The number of rotatable bonds is 4. The van der Waals surface area contributed by atoms with E-state index >= 15 is 0 Å². The molecule has 0 radical (unpaired) electrons. The lowest BCUT2D eigenvalue weighted by molar-refractivity contribution is 0.0691. The monoisotopic (exact) mass is 244 g/mol. The lowest BCUT2D eigenvalue weighted by Gasteiger charge is -2.06. The Morgan fingerprint density at radius 1 is 1.44 bits per heavy atom. The first-order valence-corrected chi connectivity index (χ1v) is 5.31. The Bertz CT molecular complexity index is 589. The molecule has 2 rings (SSSR count). The first-order valence-electron chi connectivity index (χ1n) is 5.31. The van der Waals surface area contributed by atoms with Gasteiger partial charge in [0.05, 0.1) is 6.54 Å². The molecule has 1 N–H and O–H groups in total. The molecule has 0 atom stereocenters. The summed E-state index contributed by atoms with van der Waals surface area (Å²) in [4.78, 5) is 15.0. The Kier molecular flexibility index (Phi) is 3.18. The summed E-state index contributed by atoms with van der Waals surface area (Å²) in [7, 11) is 0. The predicted molar refractivity (Wildman–Crippen MR) is 65.0 cm³/mol. The molecule has 2 aromatic heterocycles. The number of carboxylic acid groups (broad SMARTS) is 1. The van der Waals surface area contributed by atoms with E-state index in [9.17, 15) is 4.79 Å². The van der Waals surface area contributed by atoms with Crippen LogP contribution in [0.4, 0.5) is 0 Å². The molecular formula is C12H12N4O2. The largest absolute Gasteiger partial charge is 0.476 e. The van der Waals surface area contributed by atoms with Crippen LogP contribution in [0.2, 0.25) is 0 Å². The van der Waals surface area contributed by atoms with Crippen LogP contribution in [-0.2, 0) is 6.54 Å². The lowest BCUT2D eigenvalue weighted by atomic mass is 10.1. The maximum atomic E-state index is 11.1. The number of carboxylic acids is 1. The van der Waals surface area contributed by atoms with Gasteiger partial charge in [0.2, 0.25) is 0 Å². The molecule has 0 fully saturated rings. The summed E-state index contributed by atoms with van der Waals surface area (Å²) in [5, 5.41) is 16.7. The van der Waals surface area contributed by atoms with Crippen molar-refractivity contribution in [2.24, 2.45) is 0 Å². The predicted octanol–water partition coefficient (Wildman–Crippen LogP) is 1.61. The molecule has 0 aliphatic carbocycles. The second-order valence-electron chi connectivity index (χ2n) is 3.94. The van der Waals surface area contributed by atoms with Crippen LogP contribution in [0.25, 0.3) is 11.3 Å². The maximum Gasteiger partial charge on any atom is 0.358 e. The van der Waals surface area contributed by atoms with E-state index in [0.717, 1.165) is 5.57 Å². The molecule has 18 heavy (non-hydrogen) atoms. The number of aromatic nitrogens is 4. The fraction of sp³-hybridized carbons (Fsp3) is 0.167. The Hall–Kier alpha value is -2.50. The van der Waals surface area contributed by atoms with E-state index in [1.54, 1.807) is 24.5 Å². The van der Waals surface area contributed by atoms with Crippen LogP contribution >= 0.6 is 0 Å². The number of nitrogens with zero attached hydrogens (tertiary/aromatic N) is 4. The lowest BCUT2D eigenvalue weighted by Crippen LogP contribution is -2.05. The number of carbonyl (C=O) groups is 1. The zero-order valence-electron chi connectivity index (χ0n) is 9.87. The quantitative estimate of drug-likeness (QED) is 0.826. The highest BCUT2D eigenvalue weighted by molar-refractivity contribution is 5.92. The van der Waals surface area contributed by atoms with Crippen molar-refractivity contribution in [2.45, 2.75) is 13.5 Å². The first kappa shape index (κ1) is 12.0. The van der Waals surface area contributed by atoms with Gasteiger partial charge in [-0.25, -0.2) is 9.48 Å². The molecule has 0 amide bonds. The van der Waals surface area contributed by atoms with Crippen LogP contribution in [0.15, 0.2) is 36.7 Å². The van der Waals surface area contributed by atoms with Crippen LogP contribution in [0.5, 0.6) is 0 Å². The van der Waals surface area contributed by atoms with Crippen molar-refractivity contribution in [2.75, 3.05) is 0 Å². The zero-order chi connectivity index (χ0) is 13.1. The first-order chi connectivity index (χ1) is 8.59. The van der Waals surface area contributed by atoms with Gasteiger partial charge < -0.3 is 5.11 Å². The fourth-order valence-electron chi connectivity index (χ4n) is 1.62. The van der Waals surface area contributed by atoms with Gasteiger partial charge in [-0.2, -0.15) is 0 Å². The highest BCUT2D eigenvalue weighted by Gasteiger charge is 2.20. The third kappa shape index (κ3) is 2.27. The summed E-state index contributed by atoms with van der Waals surface area (Å²) in [5.74, 6) is -1.10. The van der Waals surface area contributed by atoms with Gasteiger partial charge in [-0.3, -0.25) is 4.98 Å². The van der Waals surface area contributed by atoms with E-state index in [0.29, 0.717) is 17.8 Å². The fourth-order valence-corrected chi connectivity index (χ4v) is 1.62. The smallest absolute Gasteiger partial charge is 0.358 e. The van der Waals surface area contributed by atoms with Crippen molar-refractivity contribution in [3.05, 3.63) is 42.4 Å². The minimum absolute atomic E-state index is 0.0672. The van der Waals surface area contributed by atoms with Crippen molar-refractivity contribution in [1.29, 1.82) is 0 Å². The van der Waals surface area contributed by atoms with Gasteiger partial charge >= 0.3 is 5.97 Å². The average Bonchev–Trinajstić information content (AvgIpc) is 2.73. The van der Waals surface area contributed by atoms with Gasteiger partial charge in [0, 0.05) is 18.0 Å². The van der Waals surface area contributed by atoms with Crippen molar-refractivity contribution in [3.8, 4) is 11.3 Å². The molecule has 2 heterocycles. The zero-order valence-corrected chi connectivity index (χ0v) is 9.87. The van der Waals surface area contributed by atoms with Gasteiger partial charge in [0.15, 0.2) is 5.69 Å². The second kappa shape index (κ2) is 4.79. The third-order valence-electron chi connectivity index (χ3n) is 2.31. The van der Waals surface area contributed by atoms with Crippen molar-refractivity contribution in [3.63, 3.8) is 0 Å². The molecule has 0 aliphatic rings. The van der Waals surface area contributed by atoms with E-state index in [4.69, 9.17) is 5.11 Å². The van der Waals surface area contributed by atoms with Crippen molar-refractivity contribution >= 4 is 5.97 Å². The molecule has 0 bridgehead atoms. The summed E-state index contributed by atoms with van der Waals surface area (Å²) in [6.45, 7) is 6.07. The van der Waals surface area contributed by atoms with E-state index in [1.165, 1.54) is 4.68 Å². The van der Waals surface area contributed by atoms with Gasteiger partial charge in [-0.1, -0.05) is 17.4 Å². The Labute approximate surface area is 104 Å². The molecular weight excluding hydrogens is 232 g/mol. The molecule has 92 valence electrons. The summed E-state index contributed by atoms with van der Waals surface area (Å²) < 4.78 is 1.53. The molecule has 2 aromatic rings. The highest BCUT2D eigenvalue weighted by Crippen LogP contribution is 2.22. The average molecular weight is 244 g/mol. The van der Waals surface area contributed by atoms with Gasteiger partial charge in [-0.15, -0.1) is 5.10 Å². The van der Waals surface area contributed by atoms with E-state index in [-0.39, 0.29) is 5.69 Å². The molecule has 0 saturated heterocycles. The van der Waals surface area contributed by atoms with Crippen LogP contribution in [0.3, 0.4) is 0 Å². The summed E-state index contributed by atoms with van der Waals surface area (Å²) in [6.07, 6.45) is 3.19.